The van der Waals surface area contributed by atoms with E-state index in [9.17, 15) is 9.59 Å². The van der Waals surface area contributed by atoms with Crippen molar-refractivity contribution in [1.29, 1.82) is 0 Å². The van der Waals surface area contributed by atoms with Crippen molar-refractivity contribution in [2.75, 3.05) is 20.7 Å². The van der Waals surface area contributed by atoms with Gasteiger partial charge < -0.3 is 19.7 Å². The zero-order valence-electron chi connectivity index (χ0n) is 18.8. The van der Waals surface area contributed by atoms with Crippen LogP contribution in [-0.2, 0) is 21.4 Å². The smallest absolute Gasteiger partial charge is 0.241 e. The summed E-state index contributed by atoms with van der Waals surface area (Å²) >= 11 is 1.47. The molecular formula is C23H28N4O4S. The van der Waals surface area contributed by atoms with E-state index < -0.39 is 4.87 Å². The third kappa shape index (κ3) is 2.36. The van der Waals surface area contributed by atoms with E-state index in [1.54, 1.807) is 19.0 Å². The molecule has 1 N–H and O–H groups in total. The Morgan fingerprint density at radius 3 is 2.84 bits per heavy atom. The van der Waals surface area contributed by atoms with Crippen LogP contribution in [-0.4, -0.2) is 64.6 Å². The largest absolute Gasteiger partial charge is 0.493 e. The van der Waals surface area contributed by atoms with Gasteiger partial charge in [-0.3, -0.25) is 9.59 Å². The first-order valence-corrected chi connectivity index (χ1v) is 12.1. The van der Waals surface area contributed by atoms with E-state index in [1.165, 1.54) is 29.8 Å². The van der Waals surface area contributed by atoms with Gasteiger partial charge in [-0.05, 0) is 56.8 Å². The predicted octanol–water partition coefficient (Wildman–Crippen LogP) is 2.06. The van der Waals surface area contributed by atoms with Crippen molar-refractivity contribution in [3.8, 4) is 11.5 Å². The number of amidine groups is 1. The fourth-order valence-corrected chi connectivity index (χ4v) is 8.64. The minimum Gasteiger partial charge on any atom is -0.493 e. The molecule has 1 aromatic rings. The van der Waals surface area contributed by atoms with Gasteiger partial charge in [-0.1, -0.05) is 17.8 Å². The van der Waals surface area contributed by atoms with Gasteiger partial charge in [0.2, 0.25) is 11.8 Å². The predicted molar refractivity (Wildman–Crippen MR) is 121 cm³/mol. The van der Waals surface area contributed by atoms with Gasteiger partial charge in [0, 0.05) is 30.9 Å². The number of nitrogens with one attached hydrogen (secondary N) is 1. The first kappa shape index (κ1) is 20.4. The highest BCUT2D eigenvalue weighted by Crippen LogP contribution is 2.68. The summed E-state index contributed by atoms with van der Waals surface area (Å²) in [6, 6.07) is 4.65. The molecule has 1 aromatic carbocycles. The van der Waals surface area contributed by atoms with Gasteiger partial charge in [0.25, 0.3) is 0 Å². The molecule has 2 bridgehead atoms. The third-order valence-corrected chi connectivity index (χ3v) is 9.55. The molecule has 0 radical (unpaired) electrons. The summed E-state index contributed by atoms with van der Waals surface area (Å²) < 4.78 is 12.6. The van der Waals surface area contributed by atoms with Crippen LogP contribution in [0.4, 0.5) is 0 Å². The summed E-state index contributed by atoms with van der Waals surface area (Å²) in [6.45, 7) is 3.99. The number of ether oxygens (including phenoxy) is 2. The third-order valence-electron chi connectivity index (χ3n) is 8.22. The Balaban J connectivity index is 1.54. The highest BCUT2D eigenvalue weighted by Gasteiger charge is 2.72. The standard InChI is InChI=1S/C23H28N4O4S/c1-12(28)24-21-25-27(13(2)29)23(32-21)8-7-15-16-11-14-5-6-17(30-4)19-18(14)22(15,20(23)31-19)9-10-26(16)3/h5-6,15-16,20H,7-11H2,1-4H3,(H,24,25,28)/t15-,16+,20+,22-,23+/m0/s1. The van der Waals surface area contributed by atoms with Crippen molar-refractivity contribution < 1.29 is 19.1 Å². The average molecular weight is 457 g/mol. The second-order valence-corrected chi connectivity index (χ2v) is 11.0. The molecule has 8 nitrogen and oxygen atoms in total. The molecule has 2 spiro atoms. The minimum absolute atomic E-state index is 0.139. The number of methoxy groups -OCH3 is 1. The number of piperidine rings is 1. The molecule has 1 saturated heterocycles. The lowest BCUT2D eigenvalue weighted by Gasteiger charge is -2.61. The molecule has 170 valence electrons. The second-order valence-electron chi connectivity index (χ2n) is 9.68. The van der Waals surface area contributed by atoms with Crippen molar-refractivity contribution in [1.82, 2.24) is 15.2 Å². The lowest BCUT2D eigenvalue weighted by atomic mass is 9.51. The molecule has 5 aliphatic rings. The highest BCUT2D eigenvalue weighted by molar-refractivity contribution is 8.15. The average Bonchev–Trinajstić information content (AvgIpc) is 3.28. The van der Waals surface area contributed by atoms with E-state index in [1.807, 2.05) is 6.07 Å². The number of likely N-dealkylation sites (tertiary alicyclic amines) is 1. The molecule has 1 saturated carbocycles. The van der Waals surface area contributed by atoms with Gasteiger partial charge in [-0.2, -0.15) is 0 Å². The summed E-state index contributed by atoms with van der Waals surface area (Å²) in [6.07, 6.45) is 3.45. The molecule has 0 unspecified atom stereocenters. The van der Waals surface area contributed by atoms with Crippen molar-refractivity contribution in [2.24, 2.45) is 11.0 Å². The van der Waals surface area contributed by atoms with Crippen LogP contribution < -0.4 is 14.8 Å². The van der Waals surface area contributed by atoms with Crippen LogP contribution in [0.5, 0.6) is 11.5 Å². The van der Waals surface area contributed by atoms with Crippen LogP contribution in [0.25, 0.3) is 0 Å². The summed E-state index contributed by atoms with van der Waals surface area (Å²) in [7, 11) is 3.91. The maximum absolute atomic E-state index is 12.8. The number of hydrogen-bond acceptors (Lipinski definition) is 7. The number of nitrogens with zero attached hydrogens (tertiary/aromatic N) is 3. The fraction of sp³-hybridized carbons (Fsp3) is 0.609. The Morgan fingerprint density at radius 2 is 2.12 bits per heavy atom. The normalized spacial score (nSPS) is 36.4. The van der Waals surface area contributed by atoms with E-state index in [0.717, 1.165) is 43.7 Å². The highest BCUT2D eigenvalue weighted by atomic mass is 32.2. The number of rotatable bonds is 1. The number of carbonyl (C=O) groups is 2. The van der Waals surface area contributed by atoms with Gasteiger partial charge in [0.05, 0.1) is 7.11 Å². The fourth-order valence-electron chi connectivity index (χ4n) is 7.14. The molecule has 0 aromatic heterocycles. The van der Waals surface area contributed by atoms with E-state index in [0.29, 0.717) is 17.1 Å². The van der Waals surface area contributed by atoms with Gasteiger partial charge in [-0.25, -0.2) is 5.01 Å². The zero-order valence-corrected chi connectivity index (χ0v) is 19.6. The Morgan fingerprint density at radius 1 is 1.31 bits per heavy atom. The van der Waals surface area contributed by atoms with Crippen LogP contribution in [0.3, 0.4) is 0 Å². The van der Waals surface area contributed by atoms with E-state index in [4.69, 9.17) is 9.47 Å². The SMILES string of the molecule is COc1ccc2c3c1O[C@@H]1[C@]34CCN(C)[C@H](C2)[C@@H]4CC[C@@]12SC(NC(C)=O)=NN2C(C)=O. The number of thioether (sulfide) groups is 1. The first-order valence-electron chi connectivity index (χ1n) is 11.2. The second kappa shape index (κ2) is 6.63. The Bertz CT molecular complexity index is 1080. The molecule has 2 amide bonds. The number of likely N-dealkylation sites (N-methyl/N-ethyl adjacent to an activating group) is 1. The molecule has 5 atom stereocenters. The van der Waals surface area contributed by atoms with E-state index in [2.05, 4.69) is 28.4 Å². The molecule has 2 fully saturated rings. The zero-order chi connectivity index (χ0) is 22.4. The lowest BCUT2D eigenvalue weighted by Crippen LogP contribution is -2.71. The van der Waals surface area contributed by atoms with Crippen LogP contribution >= 0.6 is 11.8 Å². The summed E-state index contributed by atoms with van der Waals surface area (Å²) in [5.41, 5.74) is 2.41. The van der Waals surface area contributed by atoms with Crippen LogP contribution in [0, 0.1) is 5.92 Å². The maximum atomic E-state index is 12.8. The van der Waals surface area contributed by atoms with Crippen LogP contribution in [0.2, 0.25) is 0 Å². The topological polar surface area (TPSA) is 83.5 Å². The van der Waals surface area contributed by atoms with Gasteiger partial charge >= 0.3 is 0 Å². The molecule has 2 aliphatic carbocycles. The van der Waals surface area contributed by atoms with Crippen LogP contribution in [0.15, 0.2) is 17.2 Å². The Hall–Kier alpha value is -2.26. The molecule has 3 aliphatic heterocycles. The van der Waals surface area contributed by atoms with Crippen molar-refractivity contribution in [3.63, 3.8) is 0 Å². The first-order chi connectivity index (χ1) is 15.3. The molecule has 9 heteroatoms. The number of amides is 2. The summed E-state index contributed by atoms with van der Waals surface area (Å²) in [5, 5.41) is 9.42. The Kier molecular flexibility index (Phi) is 4.22. The van der Waals surface area contributed by atoms with Gasteiger partial charge in [-0.15, -0.1) is 5.10 Å². The van der Waals surface area contributed by atoms with Crippen molar-refractivity contribution in [2.45, 2.75) is 62.0 Å². The maximum Gasteiger partial charge on any atom is 0.241 e. The van der Waals surface area contributed by atoms with Crippen molar-refractivity contribution >= 4 is 28.7 Å². The van der Waals surface area contributed by atoms with Crippen LogP contribution in [0.1, 0.15) is 44.2 Å². The summed E-state index contributed by atoms with van der Waals surface area (Å²) in [4.78, 5) is 26.4. The monoisotopic (exact) mass is 456 g/mol. The lowest BCUT2D eigenvalue weighted by molar-refractivity contribution is -0.143. The van der Waals surface area contributed by atoms with Gasteiger partial charge in [0.1, 0.15) is 6.10 Å². The van der Waals surface area contributed by atoms with E-state index in [-0.39, 0.29) is 23.3 Å². The number of carbonyl (C=O) groups excluding carboxylic acids is 2. The minimum atomic E-state index is -0.695. The molecular weight excluding hydrogens is 428 g/mol. The summed E-state index contributed by atoms with van der Waals surface area (Å²) in [5.74, 6) is 1.69. The molecule has 6 rings (SSSR count). The number of benzene rings is 1. The van der Waals surface area contributed by atoms with E-state index >= 15 is 0 Å². The van der Waals surface area contributed by atoms with Crippen molar-refractivity contribution in [3.05, 3.63) is 23.3 Å². The number of hydrazone groups is 1. The number of fused-ring (bicyclic) bond motifs is 1. The number of hydrogen-bond donors (Lipinski definition) is 1. The van der Waals surface area contributed by atoms with Gasteiger partial charge in [0.15, 0.2) is 21.5 Å². The quantitative estimate of drug-likeness (QED) is 0.697. The molecule has 32 heavy (non-hydrogen) atoms. The Labute approximate surface area is 191 Å². The molecule has 3 heterocycles.